The summed E-state index contributed by atoms with van der Waals surface area (Å²) in [6.07, 6.45) is 0.990. The van der Waals surface area contributed by atoms with E-state index in [-0.39, 0.29) is 0 Å². The van der Waals surface area contributed by atoms with E-state index in [0.29, 0.717) is 6.61 Å². The molecule has 0 amide bonds. The fraction of sp³-hybridized carbons (Fsp3) is 0.357. The lowest BCUT2D eigenvalue weighted by atomic mass is 10.0. The zero-order valence-electron chi connectivity index (χ0n) is 10.9. The number of aromatic nitrogens is 2. The second-order valence-corrected chi connectivity index (χ2v) is 4.18. The maximum Gasteiger partial charge on any atom is 0.125 e. The van der Waals surface area contributed by atoms with Crippen LogP contribution in [0.2, 0.25) is 0 Å². The summed E-state index contributed by atoms with van der Waals surface area (Å²) in [5.41, 5.74) is 2.54. The molecule has 1 aromatic carbocycles. The number of benzene rings is 1. The Hall–Kier alpha value is -1.81. The van der Waals surface area contributed by atoms with E-state index in [9.17, 15) is 5.11 Å². The fourth-order valence-electron chi connectivity index (χ4n) is 1.95. The number of aliphatic hydroxyl groups excluding tert-OH is 1. The van der Waals surface area contributed by atoms with Gasteiger partial charge in [0.15, 0.2) is 0 Å². The lowest BCUT2D eigenvalue weighted by molar-refractivity contribution is 0.211. The quantitative estimate of drug-likeness (QED) is 0.899. The second kappa shape index (κ2) is 5.23. The summed E-state index contributed by atoms with van der Waals surface area (Å²) < 4.78 is 7.29. The molecule has 0 aliphatic carbocycles. The van der Waals surface area contributed by atoms with Crippen LogP contribution in [-0.2, 0) is 7.05 Å². The SMILES string of the molecule is CCOc1ccccc1C(O)c1cnn(C)c1C. The standard InChI is InChI=1S/C14H18N2O2/c1-4-18-13-8-6-5-7-11(13)14(17)12-9-15-16(3)10(12)2/h5-9,14,17H,4H2,1-3H3. The third-order valence-corrected chi connectivity index (χ3v) is 3.08. The van der Waals surface area contributed by atoms with Gasteiger partial charge in [-0.05, 0) is 19.9 Å². The van der Waals surface area contributed by atoms with E-state index in [1.54, 1.807) is 10.9 Å². The van der Waals surface area contributed by atoms with Gasteiger partial charge in [-0.25, -0.2) is 0 Å². The molecule has 1 N–H and O–H groups in total. The van der Waals surface area contributed by atoms with Crippen LogP contribution in [0.15, 0.2) is 30.5 Å². The minimum atomic E-state index is -0.707. The molecule has 0 bridgehead atoms. The summed E-state index contributed by atoms with van der Waals surface area (Å²) in [6, 6.07) is 7.54. The highest BCUT2D eigenvalue weighted by atomic mass is 16.5. The Morgan fingerprint density at radius 2 is 2.06 bits per heavy atom. The van der Waals surface area contributed by atoms with Crippen LogP contribution in [0.3, 0.4) is 0 Å². The Morgan fingerprint density at radius 1 is 1.33 bits per heavy atom. The van der Waals surface area contributed by atoms with E-state index in [1.807, 2.05) is 45.2 Å². The topological polar surface area (TPSA) is 47.3 Å². The maximum atomic E-state index is 10.5. The van der Waals surface area contributed by atoms with Crippen LogP contribution in [0.5, 0.6) is 5.75 Å². The molecular weight excluding hydrogens is 228 g/mol. The minimum absolute atomic E-state index is 0.579. The Balaban J connectivity index is 2.39. The number of hydrogen-bond acceptors (Lipinski definition) is 3. The van der Waals surface area contributed by atoms with Crippen molar-refractivity contribution in [1.29, 1.82) is 0 Å². The zero-order chi connectivity index (χ0) is 13.1. The highest BCUT2D eigenvalue weighted by Crippen LogP contribution is 2.31. The molecule has 1 atom stereocenters. The number of para-hydroxylation sites is 1. The van der Waals surface area contributed by atoms with E-state index < -0.39 is 6.10 Å². The second-order valence-electron chi connectivity index (χ2n) is 4.18. The van der Waals surface area contributed by atoms with Crippen LogP contribution in [-0.4, -0.2) is 21.5 Å². The van der Waals surface area contributed by atoms with Crippen LogP contribution < -0.4 is 4.74 Å². The van der Waals surface area contributed by atoms with Crippen LogP contribution in [0, 0.1) is 6.92 Å². The average molecular weight is 246 g/mol. The smallest absolute Gasteiger partial charge is 0.125 e. The number of aliphatic hydroxyl groups is 1. The van der Waals surface area contributed by atoms with Crippen molar-refractivity contribution in [2.75, 3.05) is 6.61 Å². The molecule has 4 heteroatoms. The van der Waals surface area contributed by atoms with E-state index in [1.165, 1.54) is 0 Å². The van der Waals surface area contributed by atoms with Gasteiger partial charge in [0.05, 0.1) is 12.8 Å². The van der Waals surface area contributed by atoms with Gasteiger partial charge >= 0.3 is 0 Å². The molecule has 0 spiro atoms. The molecule has 2 rings (SSSR count). The van der Waals surface area contributed by atoms with Crippen molar-refractivity contribution in [3.8, 4) is 5.75 Å². The van der Waals surface area contributed by atoms with E-state index in [0.717, 1.165) is 22.6 Å². The minimum Gasteiger partial charge on any atom is -0.493 e. The number of ether oxygens (including phenoxy) is 1. The van der Waals surface area contributed by atoms with Crippen molar-refractivity contribution < 1.29 is 9.84 Å². The van der Waals surface area contributed by atoms with Crippen LogP contribution >= 0.6 is 0 Å². The first-order valence-corrected chi connectivity index (χ1v) is 6.03. The van der Waals surface area contributed by atoms with Crippen molar-refractivity contribution in [2.24, 2.45) is 7.05 Å². The van der Waals surface area contributed by atoms with Crippen LogP contribution in [0.4, 0.5) is 0 Å². The number of aryl methyl sites for hydroxylation is 1. The molecule has 4 nitrogen and oxygen atoms in total. The number of hydrogen-bond donors (Lipinski definition) is 1. The largest absolute Gasteiger partial charge is 0.493 e. The van der Waals surface area contributed by atoms with Crippen molar-refractivity contribution in [3.05, 3.63) is 47.3 Å². The molecular formula is C14H18N2O2. The summed E-state index contributed by atoms with van der Waals surface area (Å²) in [5.74, 6) is 0.718. The Morgan fingerprint density at radius 3 is 2.67 bits per heavy atom. The molecule has 1 aromatic heterocycles. The molecule has 0 aliphatic heterocycles. The third kappa shape index (κ3) is 2.24. The van der Waals surface area contributed by atoms with Gasteiger partial charge < -0.3 is 9.84 Å². The molecule has 96 valence electrons. The predicted octanol–water partition coefficient (Wildman–Crippen LogP) is 2.21. The summed E-state index contributed by atoms with van der Waals surface area (Å²) in [6.45, 7) is 4.45. The summed E-state index contributed by atoms with van der Waals surface area (Å²) in [7, 11) is 1.86. The van der Waals surface area contributed by atoms with Gasteiger partial charge in [-0.15, -0.1) is 0 Å². The third-order valence-electron chi connectivity index (χ3n) is 3.08. The zero-order valence-corrected chi connectivity index (χ0v) is 10.9. The average Bonchev–Trinajstić information content (AvgIpc) is 2.70. The summed E-state index contributed by atoms with van der Waals surface area (Å²) >= 11 is 0. The van der Waals surface area contributed by atoms with Gasteiger partial charge in [-0.3, -0.25) is 4.68 Å². The van der Waals surface area contributed by atoms with E-state index in [2.05, 4.69) is 5.10 Å². The molecule has 1 heterocycles. The molecule has 0 saturated carbocycles. The maximum absolute atomic E-state index is 10.5. The lowest BCUT2D eigenvalue weighted by Crippen LogP contribution is -2.05. The Labute approximate surface area is 107 Å². The number of rotatable bonds is 4. The molecule has 1 unspecified atom stereocenters. The number of nitrogens with zero attached hydrogens (tertiary/aromatic N) is 2. The van der Waals surface area contributed by atoms with Gasteiger partial charge in [-0.2, -0.15) is 5.10 Å². The monoisotopic (exact) mass is 246 g/mol. The molecule has 0 radical (unpaired) electrons. The fourth-order valence-corrected chi connectivity index (χ4v) is 1.95. The Kier molecular flexibility index (Phi) is 3.67. The lowest BCUT2D eigenvalue weighted by Gasteiger charge is -2.15. The molecule has 0 fully saturated rings. The van der Waals surface area contributed by atoms with Crippen molar-refractivity contribution >= 4 is 0 Å². The van der Waals surface area contributed by atoms with E-state index >= 15 is 0 Å². The van der Waals surface area contributed by atoms with Crippen LogP contribution in [0.1, 0.15) is 29.8 Å². The summed E-state index contributed by atoms with van der Waals surface area (Å²) in [4.78, 5) is 0. The normalized spacial score (nSPS) is 12.4. The predicted molar refractivity (Wildman–Crippen MR) is 69.6 cm³/mol. The first-order chi connectivity index (χ1) is 8.65. The first kappa shape index (κ1) is 12.6. The van der Waals surface area contributed by atoms with Gasteiger partial charge in [-0.1, -0.05) is 18.2 Å². The summed E-state index contributed by atoms with van der Waals surface area (Å²) in [5, 5.41) is 14.6. The highest BCUT2D eigenvalue weighted by Gasteiger charge is 2.19. The van der Waals surface area contributed by atoms with Crippen LogP contribution in [0.25, 0.3) is 0 Å². The van der Waals surface area contributed by atoms with E-state index in [4.69, 9.17) is 4.74 Å². The highest BCUT2D eigenvalue weighted by molar-refractivity contribution is 5.40. The molecule has 0 aliphatic rings. The van der Waals surface area contributed by atoms with Gasteiger partial charge in [0.1, 0.15) is 11.9 Å². The van der Waals surface area contributed by atoms with Gasteiger partial charge in [0.2, 0.25) is 0 Å². The van der Waals surface area contributed by atoms with Crippen molar-refractivity contribution in [3.63, 3.8) is 0 Å². The first-order valence-electron chi connectivity index (χ1n) is 6.03. The van der Waals surface area contributed by atoms with Gasteiger partial charge in [0.25, 0.3) is 0 Å². The van der Waals surface area contributed by atoms with Crippen molar-refractivity contribution in [2.45, 2.75) is 20.0 Å². The molecule has 0 saturated heterocycles. The Bertz CT molecular complexity index is 534. The van der Waals surface area contributed by atoms with Gasteiger partial charge in [0, 0.05) is 23.9 Å². The van der Waals surface area contributed by atoms with Crippen molar-refractivity contribution in [1.82, 2.24) is 9.78 Å². The molecule has 2 aromatic rings. The molecule has 18 heavy (non-hydrogen) atoms.